The first-order valence-corrected chi connectivity index (χ1v) is 7.01. The number of carbonyl (C=O) groups excluding carboxylic acids is 1. The molecule has 5 nitrogen and oxygen atoms in total. The molecule has 0 aliphatic rings. The van der Waals surface area contributed by atoms with Crippen molar-refractivity contribution in [3.8, 4) is 0 Å². The number of thioether (sulfide) groups is 1. The van der Waals surface area contributed by atoms with Gasteiger partial charge in [-0.1, -0.05) is 23.9 Å². The minimum atomic E-state index is -0.00546. The molecule has 2 aromatic rings. The molecule has 1 aromatic heterocycles. The highest BCUT2D eigenvalue weighted by Crippen LogP contribution is 2.22. The van der Waals surface area contributed by atoms with Crippen molar-refractivity contribution in [2.24, 2.45) is 7.05 Å². The van der Waals surface area contributed by atoms with E-state index < -0.39 is 0 Å². The molecule has 0 aliphatic heterocycles. The zero-order valence-corrected chi connectivity index (χ0v) is 11.9. The molecule has 6 heteroatoms. The number of rotatable bonds is 6. The van der Waals surface area contributed by atoms with E-state index in [1.807, 2.05) is 35.9 Å². The van der Waals surface area contributed by atoms with Crippen LogP contribution >= 0.6 is 11.8 Å². The molecular formula is C13H17N3O2S. The monoisotopic (exact) mass is 279 g/mol. The third kappa shape index (κ3) is 3.48. The van der Waals surface area contributed by atoms with Gasteiger partial charge in [-0.2, -0.15) is 0 Å². The fourth-order valence-electron chi connectivity index (χ4n) is 1.73. The van der Waals surface area contributed by atoms with Crippen LogP contribution in [-0.2, 0) is 16.6 Å². The van der Waals surface area contributed by atoms with Crippen molar-refractivity contribution >= 4 is 28.7 Å². The van der Waals surface area contributed by atoms with Gasteiger partial charge in [0, 0.05) is 20.7 Å². The van der Waals surface area contributed by atoms with Crippen LogP contribution in [0.5, 0.6) is 0 Å². The van der Waals surface area contributed by atoms with Gasteiger partial charge in [0.15, 0.2) is 5.16 Å². The van der Waals surface area contributed by atoms with E-state index in [-0.39, 0.29) is 5.91 Å². The number of hydrogen-bond donors (Lipinski definition) is 1. The van der Waals surface area contributed by atoms with Gasteiger partial charge < -0.3 is 14.6 Å². The van der Waals surface area contributed by atoms with Crippen molar-refractivity contribution in [3.63, 3.8) is 0 Å². The average Bonchev–Trinajstić information content (AvgIpc) is 2.74. The Hall–Kier alpha value is -1.53. The molecule has 1 heterocycles. The smallest absolute Gasteiger partial charge is 0.230 e. The minimum absolute atomic E-state index is 0.00546. The van der Waals surface area contributed by atoms with Gasteiger partial charge in [0.25, 0.3) is 0 Å². The zero-order chi connectivity index (χ0) is 13.7. The van der Waals surface area contributed by atoms with Gasteiger partial charge in [-0.05, 0) is 12.1 Å². The number of methoxy groups -OCH3 is 1. The van der Waals surface area contributed by atoms with Crippen molar-refractivity contribution in [2.75, 3.05) is 26.0 Å². The normalized spacial score (nSPS) is 10.8. The Kier molecular flexibility index (Phi) is 4.81. The lowest BCUT2D eigenvalue weighted by atomic mass is 10.3. The Labute approximate surface area is 116 Å². The number of benzene rings is 1. The molecule has 0 atom stereocenters. The van der Waals surface area contributed by atoms with Crippen molar-refractivity contribution in [3.05, 3.63) is 24.3 Å². The van der Waals surface area contributed by atoms with E-state index in [1.165, 1.54) is 11.8 Å². The Morgan fingerprint density at radius 3 is 3.00 bits per heavy atom. The van der Waals surface area contributed by atoms with Crippen LogP contribution in [0.2, 0.25) is 0 Å². The van der Waals surface area contributed by atoms with Gasteiger partial charge in [0.1, 0.15) is 0 Å². The minimum Gasteiger partial charge on any atom is -0.383 e. The summed E-state index contributed by atoms with van der Waals surface area (Å²) in [5.74, 6) is 0.357. The number of para-hydroxylation sites is 2. The summed E-state index contributed by atoms with van der Waals surface area (Å²) in [5, 5.41) is 3.64. The molecule has 0 spiro atoms. The van der Waals surface area contributed by atoms with E-state index in [2.05, 4.69) is 10.3 Å². The molecule has 19 heavy (non-hydrogen) atoms. The number of nitrogens with one attached hydrogen (secondary N) is 1. The molecule has 0 saturated carbocycles. The quantitative estimate of drug-likeness (QED) is 0.642. The molecular weight excluding hydrogens is 262 g/mol. The molecule has 1 amide bonds. The van der Waals surface area contributed by atoms with Crippen LogP contribution in [0, 0.1) is 0 Å². The molecule has 0 fully saturated rings. The van der Waals surface area contributed by atoms with E-state index in [4.69, 9.17) is 4.74 Å². The predicted octanol–water partition coefficient (Wildman–Crippen LogP) is 1.43. The summed E-state index contributed by atoms with van der Waals surface area (Å²) < 4.78 is 6.88. The van der Waals surface area contributed by atoms with E-state index in [9.17, 15) is 4.79 Å². The molecule has 102 valence electrons. The van der Waals surface area contributed by atoms with Crippen LogP contribution in [0.1, 0.15) is 0 Å². The first-order valence-electron chi connectivity index (χ1n) is 6.02. The van der Waals surface area contributed by atoms with Crippen LogP contribution < -0.4 is 5.32 Å². The molecule has 1 N–H and O–H groups in total. The summed E-state index contributed by atoms with van der Waals surface area (Å²) >= 11 is 1.44. The van der Waals surface area contributed by atoms with Crippen molar-refractivity contribution < 1.29 is 9.53 Å². The zero-order valence-electron chi connectivity index (χ0n) is 11.0. The summed E-state index contributed by atoms with van der Waals surface area (Å²) in [7, 11) is 3.57. The Morgan fingerprint density at radius 1 is 1.47 bits per heavy atom. The van der Waals surface area contributed by atoms with Crippen LogP contribution in [0.3, 0.4) is 0 Å². The SMILES string of the molecule is COCCNC(=O)CSc1nc2ccccc2n1C. The molecule has 1 aromatic carbocycles. The van der Waals surface area contributed by atoms with Crippen LogP contribution in [0.15, 0.2) is 29.4 Å². The maximum atomic E-state index is 11.6. The second-order valence-electron chi connectivity index (χ2n) is 4.07. The van der Waals surface area contributed by atoms with Gasteiger partial charge in [0.2, 0.25) is 5.91 Å². The molecule has 0 bridgehead atoms. The second-order valence-corrected chi connectivity index (χ2v) is 5.02. The summed E-state index contributed by atoms with van der Waals surface area (Å²) in [6.07, 6.45) is 0. The van der Waals surface area contributed by atoms with E-state index >= 15 is 0 Å². The maximum Gasteiger partial charge on any atom is 0.230 e. The first-order chi connectivity index (χ1) is 9.22. The van der Waals surface area contributed by atoms with Crippen LogP contribution in [0.25, 0.3) is 11.0 Å². The van der Waals surface area contributed by atoms with Crippen molar-refractivity contribution in [2.45, 2.75) is 5.16 Å². The summed E-state index contributed by atoms with van der Waals surface area (Å²) in [6.45, 7) is 1.07. The number of aromatic nitrogens is 2. The van der Waals surface area contributed by atoms with Crippen molar-refractivity contribution in [1.82, 2.24) is 14.9 Å². The molecule has 0 aliphatic carbocycles. The largest absolute Gasteiger partial charge is 0.383 e. The first kappa shape index (κ1) is 13.9. The fraction of sp³-hybridized carbons (Fsp3) is 0.385. The Morgan fingerprint density at radius 2 is 2.26 bits per heavy atom. The molecule has 0 radical (unpaired) electrons. The maximum absolute atomic E-state index is 11.6. The number of nitrogens with zero attached hydrogens (tertiary/aromatic N) is 2. The Bertz CT molecular complexity index is 568. The van der Waals surface area contributed by atoms with Gasteiger partial charge >= 0.3 is 0 Å². The topological polar surface area (TPSA) is 56.1 Å². The highest BCUT2D eigenvalue weighted by molar-refractivity contribution is 7.99. The number of imidazole rings is 1. The number of carbonyl (C=O) groups is 1. The molecule has 0 saturated heterocycles. The average molecular weight is 279 g/mol. The highest BCUT2D eigenvalue weighted by atomic mass is 32.2. The van der Waals surface area contributed by atoms with E-state index in [1.54, 1.807) is 7.11 Å². The van der Waals surface area contributed by atoms with E-state index in [0.29, 0.717) is 18.9 Å². The highest BCUT2D eigenvalue weighted by Gasteiger charge is 2.09. The van der Waals surface area contributed by atoms with Gasteiger partial charge in [0.05, 0.1) is 23.4 Å². The van der Waals surface area contributed by atoms with Gasteiger partial charge in [-0.15, -0.1) is 0 Å². The molecule has 2 rings (SSSR count). The van der Waals surface area contributed by atoms with Crippen molar-refractivity contribution in [1.29, 1.82) is 0 Å². The number of ether oxygens (including phenoxy) is 1. The predicted molar refractivity (Wildman–Crippen MR) is 76.3 cm³/mol. The van der Waals surface area contributed by atoms with Crippen LogP contribution in [0.4, 0.5) is 0 Å². The lowest BCUT2D eigenvalue weighted by Gasteiger charge is -2.04. The summed E-state index contributed by atoms with van der Waals surface area (Å²) in [5.41, 5.74) is 2.03. The fourth-order valence-corrected chi connectivity index (χ4v) is 2.54. The third-order valence-corrected chi connectivity index (χ3v) is 3.74. The second kappa shape index (κ2) is 6.58. The van der Waals surface area contributed by atoms with Gasteiger partial charge in [-0.3, -0.25) is 4.79 Å². The standard InChI is InChI=1S/C13H17N3O2S/c1-16-11-6-4-3-5-10(11)15-13(16)19-9-12(17)14-7-8-18-2/h3-6H,7-9H2,1-2H3,(H,14,17). The van der Waals surface area contributed by atoms with Crippen LogP contribution in [-0.4, -0.2) is 41.5 Å². The lowest BCUT2D eigenvalue weighted by Crippen LogP contribution is -2.28. The third-order valence-electron chi connectivity index (χ3n) is 2.71. The Balaban J connectivity index is 1.94. The number of aryl methyl sites for hydroxylation is 1. The van der Waals surface area contributed by atoms with E-state index in [0.717, 1.165) is 16.2 Å². The molecule has 0 unspecified atom stereocenters. The van der Waals surface area contributed by atoms with Gasteiger partial charge in [-0.25, -0.2) is 4.98 Å². The summed E-state index contributed by atoms with van der Waals surface area (Å²) in [6, 6.07) is 7.93. The number of amides is 1. The number of hydrogen-bond acceptors (Lipinski definition) is 4. The lowest BCUT2D eigenvalue weighted by molar-refractivity contribution is -0.118. The summed E-state index contributed by atoms with van der Waals surface area (Å²) in [4.78, 5) is 16.1. The number of fused-ring (bicyclic) bond motifs is 1.